The van der Waals surface area contributed by atoms with Crippen LogP contribution in [0.3, 0.4) is 0 Å². The first-order chi connectivity index (χ1) is 13.4. The maximum Gasteiger partial charge on any atom is 0.350 e. The number of aryl methyl sites for hydroxylation is 5. The smallest absolute Gasteiger partial charge is 0.350 e. The molecule has 3 aromatic rings. The van der Waals surface area contributed by atoms with Crippen molar-refractivity contribution in [3.8, 4) is 11.3 Å². The molecule has 0 spiro atoms. The second kappa shape index (κ2) is 6.91. The molecule has 28 heavy (non-hydrogen) atoms. The van der Waals surface area contributed by atoms with Crippen molar-refractivity contribution >= 4 is 11.5 Å². The van der Waals surface area contributed by atoms with Gasteiger partial charge in [0.1, 0.15) is 5.82 Å². The van der Waals surface area contributed by atoms with Gasteiger partial charge in [0, 0.05) is 23.9 Å². The molecule has 0 aliphatic carbocycles. The first-order valence-electron chi connectivity index (χ1n) is 9.57. The van der Waals surface area contributed by atoms with E-state index >= 15 is 0 Å². The molecule has 0 atom stereocenters. The number of aromatic nitrogens is 2. The van der Waals surface area contributed by atoms with Gasteiger partial charge in [0.15, 0.2) is 0 Å². The van der Waals surface area contributed by atoms with Gasteiger partial charge in [-0.2, -0.15) is 4.98 Å². The average molecular weight is 375 g/mol. The van der Waals surface area contributed by atoms with Crippen LogP contribution in [0.1, 0.15) is 33.4 Å². The lowest BCUT2D eigenvalue weighted by Gasteiger charge is -2.24. The van der Waals surface area contributed by atoms with E-state index in [1.54, 1.807) is 4.57 Å². The molecule has 144 valence electrons. The van der Waals surface area contributed by atoms with Crippen molar-refractivity contribution < 1.29 is 5.11 Å². The molecule has 1 aliphatic rings. The van der Waals surface area contributed by atoms with E-state index in [1.807, 2.05) is 19.1 Å². The van der Waals surface area contributed by atoms with E-state index in [1.165, 1.54) is 11.1 Å². The first-order valence-corrected chi connectivity index (χ1v) is 9.57. The molecule has 0 saturated heterocycles. The van der Waals surface area contributed by atoms with Crippen molar-refractivity contribution in [2.75, 3.05) is 5.32 Å². The van der Waals surface area contributed by atoms with Crippen molar-refractivity contribution in [3.05, 3.63) is 74.2 Å². The van der Waals surface area contributed by atoms with Crippen molar-refractivity contribution in [3.63, 3.8) is 0 Å². The molecule has 0 radical (unpaired) electrons. The van der Waals surface area contributed by atoms with Gasteiger partial charge in [-0.15, -0.1) is 0 Å². The van der Waals surface area contributed by atoms with Gasteiger partial charge in [-0.3, -0.25) is 4.57 Å². The molecule has 0 bridgehead atoms. The van der Waals surface area contributed by atoms with Gasteiger partial charge in [0.05, 0.1) is 12.3 Å². The van der Waals surface area contributed by atoms with Crippen LogP contribution < -0.4 is 11.0 Å². The molecular weight excluding hydrogens is 350 g/mol. The third-order valence-corrected chi connectivity index (χ3v) is 5.55. The molecule has 2 aromatic carbocycles. The highest BCUT2D eigenvalue weighted by atomic mass is 16.3. The second-order valence-corrected chi connectivity index (χ2v) is 7.70. The molecule has 2 N–H and O–H groups in total. The maximum absolute atomic E-state index is 12.7. The van der Waals surface area contributed by atoms with E-state index in [4.69, 9.17) is 0 Å². The zero-order valence-corrected chi connectivity index (χ0v) is 16.8. The summed E-state index contributed by atoms with van der Waals surface area (Å²) in [7, 11) is 0. The molecular formula is C23H25N3O2. The number of benzene rings is 2. The van der Waals surface area contributed by atoms with E-state index < -0.39 is 0 Å². The Balaban J connectivity index is 1.84. The lowest BCUT2D eigenvalue weighted by Crippen LogP contribution is -2.29. The van der Waals surface area contributed by atoms with Crippen LogP contribution in [0.15, 0.2) is 35.1 Å². The van der Waals surface area contributed by atoms with Crippen LogP contribution in [0.25, 0.3) is 11.3 Å². The lowest BCUT2D eigenvalue weighted by molar-refractivity contribution is 0.281. The highest BCUT2D eigenvalue weighted by Gasteiger charge is 2.20. The van der Waals surface area contributed by atoms with Gasteiger partial charge < -0.3 is 10.4 Å². The molecule has 0 unspecified atom stereocenters. The summed E-state index contributed by atoms with van der Waals surface area (Å²) in [6.45, 7) is 8.80. The molecule has 0 fully saturated rings. The summed E-state index contributed by atoms with van der Waals surface area (Å²) in [6, 6.07) is 10.3. The number of rotatable bonds is 3. The highest BCUT2D eigenvalue weighted by molar-refractivity contribution is 5.72. The molecule has 5 heteroatoms. The summed E-state index contributed by atoms with van der Waals surface area (Å²) < 4.78 is 1.72. The second-order valence-electron chi connectivity index (χ2n) is 7.70. The number of fused-ring (bicyclic) bond motifs is 3. The fourth-order valence-electron chi connectivity index (χ4n) is 4.18. The summed E-state index contributed by atoms with van der Waals surface area (Å²) in [5, 5.41) is 13.0. The number of nitrogens with one attached hydrogen (secondary N) is 1. The standard InChI is InChI=1S/C23H25N3O2/c1-13-7-15(3)22(16(4)8-13)24-21-11-20-19-10-18(12-27)14(2)9-17(19)5-6-26(20)23(28)25-21/h7-11,27H,5-6,12H2,1-4H3,(H,24,25,28). The topological polar surface area (TPSA) is 67.2 Å². The third kappa shape index (κ3) is 3.12. The highest BCUT2D eigenvalue weighted by Crippen LogP contribution is 2.33. The Morgan fingerprint density at radius 1 is 1.04 bits per heavy atom. The minimum absolute atomic E-state index is 0.0126. The Bertz CT molecular complexity index is 1120. The predicted octanol–water partition coefficient (Wildman–Crippen LogP) is 3.94. The minimum Gasteiger partial charge on any atom is -0.392 e. The van der Waals surface area contributed by atoms with Gasteiger partial charge in [-0.25, -0.2) is 4.79 Å². The Morgan fingerprint density at radius 3 is 2.43 bits per heavy atom. The van der Waals surface area contributed by atoms with Crippen molar-refractivity contribution in [2.45, 2.75) is 47.3 Å². The number of hydrogen-bond acceptors (Lipinski definition) is 4. The Morgan fingerprint density at radius 2 is 1.75 bits per heavy atom. The Hall–Kier alpha value is -2.92. The van der Waals surface area contributed by atoms with Gasteiger partial charge in [-0.05, 0) is 68.0 Å². The van der Waals surface area contributed by atoms with E-state index in [-0.39, 0.29) is 12.3 Å². The van der Waals surface area contributed by atoms with Crippen LogP contribution >= 0.6 is 0 Å². The molecule has 1 aromatic heterocycles. The summed E-state index contributed by atoms with van der Waals surface area (Å²) in [5.74, 6) is 0.547. The molecule has 1 aliphatic heterocycles. The largest absolute Gasteiger partial charge is 0.392 e. The van der Waals surface area contributed by atoms with Crippen molar-refractivity contribution in [1.82, 2.24) is 9.55 Å². The quantitative estimate of drug-likeness (QED) is 0.728. The monoisotopic (exact) mass is 375 g/mol. The number of hydrogen-bond donors (Lipinski definition) is 2. The van der Waals surface area contributed by atoms with Gasteiger partial charge in [0.2, 0.25) is 0 Å². The molecule has 0 saturated carbocycles. The molecule has 2 heterocycles. The van der Waals surface area contributed by atoms with Crippen LogP contribution in [0.5, 0.6) is 0 Å². The number of aliphatic hydroxyl groups is 1. The Kier molecular flexibility index (Phi) is 4.55. The third-order valence-electron chi connectivity index (χ3n) is 5.55. The van der Waals surface area contributed by atoms with Crippen LogP contribution in [-0.4, -0.2) is 14.7 Å². The number of nitrogens with zero attached hydrogens (tertiary/aromatic N) is 2. The predicted molar refractivity (Wildman–Crippen MR) is 112 cm³/mol. The normalized spacial score (nSPS) is 12.5. The zero-order chi connectivity index (χ0) is 20.0. The first kappa shape index (κ1) is 18.4. The summed E-state index contributed by atoms with van der Waals surface area (Å²) in [5.41, 5.74) is 9.20. The van der Waals surface area contributed by atoms with Gasteiger partial charge in [0.25, 0.3) is 0 Å². The maximum atomic E-state index is 12.7. The molecule has 5 nitrogen and oxygen atoms in total. The van der Waals surface area contributed by atoms with Gasteiger partial charge in [-0.1, -0.05) is 23.8 Å². The number of anilines is 2. The van der Waals surface area contributed by atoms with E-state index in [9.17, 15) is 9.90 Å². The van der Waals surface area contributed by atoms with Crippen LogP contribution in [0, 0.1) is 27.7 Å². The molecule has 4 rings (SSSR count). The summed E-state index contributed by atoms with van der Waals surface area (Å²) in [6.07, 6.45) is 0.791. The number of aliphatic hydroxyl groups excluding tert-OH is 1. The fourth-order valence-corrected chi connectivity index (χ4v) is 4.18. The fraction of sp³-hybridized carbons (Fsp3) is 0.304. The average Bonchev–Trinajstić information content (AvgIpc) is 2.64. The Labute approximate surface area is 164 Å². The van der Waals surface area contributed by atoms with Gasteiger partial charge >= 0.3 is 5.69 Å². The van der Waals surface area contributed by atoms with Crippen LogP contribution in [0.2, 0.25) is 0 Å². The van der Waals surface area contributed by atoms with E-state index in [0.717, 1.165) is 45.6 Å². The van der Waals surface area contributed by atoms with Crippen molar-refractivity contribution in [1.29, 1.82) is 0 Å². The van der Waals surface area contributed by atoms with Crippen LogP contribution in [-0.2, 0) is 19.6 Å². The summed E-state index contributed by atoms with van der Waals surface area (Å²) in [4.78, 5) is 17.0. The van der Waals surface area contributed by atoms with Crippen molar-refractivity contribution in [2.24, 2.45) is 0 Å². The lowest BCUT2D eigenvalue weighted by atomic mass is 9.93. The zero-order valence-electron chi connectivity index (χ0n) is 16.8. The van der Waals surface area contributed by atoms with E-state index in [2.05, 4.69) is 49.3 Å². The minimum atomic E-state index is -0.251. The van der Waals surface area contributed by atoms with E-state index in [0.29, 0.717) is 12.4 Å². The SMILES string of the molecule is Cc1cc(C)c(Nc2cc3n(c(=O)n2)CCc2cc(C)c(CO)cc2-3)c(C)c1. The molecule has 0 amide bonds. The summed E-state index contributed by atoms with van der Waals surface area (Å²) >= 11 is 0. The van der Waals surface area contributed by atoms with Crippen LogP contribution in [0.4, 0.5) is 11.5 Å².